The van der Waals surface area contributed by atoms with Gasteiger partial charge in [-0.25, -0.2) is 0 Å². The summed E-state index contributed by atoms with van der Waals surface area (Å²) in [6.45, 7) is 5.89. The van der Waals surface area contributed by atoms with Crippen molar-refractivity contribution in [3.8, 4) is 5.75 Å². The monoisotopic (exact) mass is 347 g/mol. The molecular formula is C17H18BrNO2. The number of halogens is 1. The number of hydrogen-bond acceptors (Lipinski definition) is 2. The van der Waals surface area contributed by atoms with Crippen LogP contribution in [0, 0.1) is 20.8 Å². The van der Waals surface area contributed by atoms with E-state index < -0.39 is 0 Å². The Morgan fingerprint density at radius 1 is 1.10 bits per heavy atom. The largest absolute Gasteiger partial charge is 0.483 e. The van der Waals surface area contributed by atoms with Crippen LogP contribution in [0.5, 0.6) is 5.75 Å². The van der Waals surface area contributed by atoms with Crippen molar-refractivity contribution in [1.82, 2.24) is 0 Å². The number of ether oxygens (including phenoxy) is 1. The Kier molecular flexibility index (Phi) is 5.02. The minimum absolute atomic E-state index is 0.000201. The van der Waals surface area contributed by atoms with Crippen LogP contribution in [0.4, 0.5) is 5.69 Å². The van der Waals surface area contributed by atoms with Crippen molar-refractivity contribution in [2.75, 3.05) is 11.9 Å². The fourth-order valence-corrected chi connectivity index (χ4v) is 2.83. The van der Waals surface area contributed by atoms with Crippen molar-refractivity contribution in [3.05, 3.63) is 57.6 Å². The Balaban J connectivity index is 2.01. The Bertz CT molecular complexity index is 645. The normalized spacial score (nSPS) is 10.3. The van der Waals surface area contributed by atoms with E-state index in [0.717, 1.165) is 32.6 Å². The maximum absolute atomic E-state index is 12.0. The van der Waals surface area contributed by atoms with Gasteiger partial charge in [-0.1, -0.05) is 34.1 Å². The average Bonchev–Trinajstić information content (AvgIpc) is 2.42. The van der Waals surface area contributed by atoms with Crippen LogP contribution < -0.4 is 10.1 Å². The lowest BCUT2D eigenvalue weighted by atomic mass is 10.1. The summed E-state index contributed by atoms with van der Waals surface area (Å²) in [6, 6.07) is 11.6. The minimum Gasteiger partial charge on any atom is -0.483 e. The van der Waals surface area contributed by atoms with E-state index in [1.54, 1.807) is 0 Å². The Labute approximate surface area is 133 Å². The lowest BCUT2D eigenvalue weighted by Gasteiger charge is -2.13. The molecule has 3 nitrogen and oxygen atoms in total. The first kappa shape index (κ1) is 15.6. The molecule has 4 heteroatoms. The van der Waals surface area contributed by atoms with E-state index in [-0.39, 0.29) is 12.5 Å². The number of anilines is 1. The van der Waals surface area contributed by atoms with Crippen LogP contribution in [-0.2, 0) is 4.79 Å². The number of benzene rings is 2. The predicted octanol–water partition coefficient (Wildman–Crippen LogP) is 4.39. The number of carbonyl (C=O) groups is 1. The molecule has 0 bridgehead atoms. The van der Waals surface area contributed by atoms with Crippen molar-refractivity contribution in [2.24, 2.45) is 0 Å². The molecule has 0 saturated heterocycles. The molecule has 0 atom stereocenters. The second-order valence-corrected chi connectivity index (χ2v) is 5.93. The molecule has 0 aromatic heterocycles. The van der Waals surface area contributed by atoms with Gasteiger partial charge in [-0.3, -0.25) is 4.79 Å². The summed E-state index contributed by atoms with van der Waals surface area (Å²) < 4.78 is 6.56. The molecule has 0 spiro atoms. The molecule has 2 aromatic carbocycles. The van der Waals surface area contributed by atoms with E-state index in [1.165, 1.54) is 0 Å². The Morgan fingerprint density at radius 3 is 2.33 bits per heavy atom. The summed E-state index contributed by atoms with van der Waals surface area (Å²) >= 11 is 3.45. The number of hydrogen-bond donors (Lipinski definition) is 1. The average molecular weight is 348 g/mol. The van der Waals surface area contributed by atoms with Crippen LogP contribution in [0.1, 0.15) is 16.7 Å². The van der Waals surface area contributed by atoms with E-state index in [1.807, 2.05) is 57.2 Å². The zero-order valence-electron chi connectivity index (χ0n) is 12.4. The number of nitrogens with one attached hydrogen (secondary N) is 1. The van der Waals surface area contributed by atoms with Gasteiger partial charge in [0.05, 0.1) is 0 Å². The highest BCUT2D eigenvalue weighted by Crippen LogP contribution is 2.25. The molecule has 1 N–H and O–H groups in total. The van der Waals surface area contributed by atoms with Crippen LogP contribution in [0.3, 0.4) is 0 Å². The lowest BCUT2D eigenvalue weighted by molar-refractivity contribution is -0.118. The van der Waals surface area contributed by atoms with Gasteiger partial charge in [0.15, 0.2) is 6.61 Å². The first-order valence-electron chi connectivity index (χ1n) is 6.72. The van der Waals surface area contributed by atoms with Gasteiger partial charge in [-0.15, -0.1) is 0 Å². The second-order valence-electron chi connectivity index (χ2n) is 5.02. The van der Waals surface area contributed by atoms with Gasteiger partial charge in [0.2, 0.25) is 0 Å². The summed E-state index contributed by atoms with van der Waals surface area (Å²) in [5.41, 5.74) is 3.90. The lowest BCUT2D eigenvalue weighted by Crippen LogP contribution is -2.21. The predicted molar refractivity (Wildman–Crippen MR) is 88.9 cm³/mol. The van der Waals surface area contributed by atoms with Gasteiger partial charge < -0.3 is 10.1 Å². The first-order valence-corrected chi connectivity index (χ1v) is 7.51. The van der Waals surface area contributed by atoms with Crippen LogP contribution in [0.2, 0.25) is 0 Å². The van der Waals surface area contributed by atoms with Crippen LogP contribution in [-0.4, -0.2) is 12.5 Å². The number of aryl methyl sites for hydroxylation is 3. The number of rotatable bonds is 4. The van der Waals surface area contributed by atoms with E-state index in [0.29, 0.717) is 0 Å². The zero-order chi connectivity index (χ0) is 15.4. The van der Waals surface area contributed by atoms with E-state index in [4.69, 9.17) is 4.74 Å². The quantitative estimate of drug-likeness (QED) is 0.890. The molecule has 0 aliphatic carbocycles. The van der Waals surface area contributed by atoms with E-state index in [2.05, 4.69) is 21.2 Å². The van der Waals surface area contributed by atoms with Crippen molar-refractivity contribution < 1.29 is 9.53 Å². The Hall–Kier alpha value is -1.81. The SMILES string of the molecule is Cc1ccccc1OCC(=O)Nc1c(C)cc(Br)cc1C. The van der Waals surface area contributed by atoms with Crippen molar-refractivity contribution in [2.45, 2.75) is 20.8 Å². The third kappa shape index (κ3) is 4.08. The van der Waals surface area contributed by atoms with Crippen LogP contribution in [0.15, 0.2) is 40.9 Å². The topological polar surface area (TPSA) is 38.3 Å². The maximum Gasteiger partial charge on any atom is 0.262 e. The summed E-state index contributed by atoms with van der Waals surface area (Å²) in [4.78, 5) is 12.0. The third-order valence-corrected chi connectivity index (χ3v) is 3.67. The highest BCUT2D eigenvalue weighted by atomic mass is 79.9. The molecule has 2 aromatic rings. The van der Waals surface area contributed by atoms with Gasteiger partial charge in [0.25, 0.3) is 5.91 Å². The van der Waals surface area contributed by atoms with Gasteiger partial charge in [0.1, 0.15) is 5.75 Å². The highest BCUT2D eigenvalue weighted by Gasteiger charge is 2.09. The van der Waals surface area contributed by atoms with Crippen LogP contribution >= 0.6 is 15.9 Å². The molecule has 1 amide bonds. The zero-order valence-corrected chi connectivity index (χ0v) is 14.0. The molecule has 0 unspecified atom stereocenters. The van der Waals surface area contributed by atoms with Crippen molar-refractivity contribution in [3.63, 3.8) is 0 Å². The Morgan fingerprint density at radius 2 is 1.71 bits per heavy atom. The number of carbonyl (C=O) groups excluding carboxylic acids is 1. The molecule has 0 fully saturated rings. The smallest absolute Gasteiger partial charge is 0.262 e. The molecular weight excluding hydrogens is 330 g/mol. The standard InChI is InChI=1S/C17H18BrNO2/c1-11-6-4-5-7-15(11)21-10-16(20)19-17-12(2)8-14(18)9-13(17)3/h4-9H,10H2,1-3H3,(H,19,20). The molecule has 0 heterocycles. The highest BCUT2D eigenvalue weighted by molar-refractivity contribution is 9.10. The van der Waals surface area contributed by atoms with E-state index >= 15 is 0 Å². The third-order valence-electron chi connectivity index (χ3n) is 3.21. The number of amides is 1. The number of para-hydroxylation sites is 1. The summed E-state index contributed by atoms with van der Waals surface area (Å²) in [5.74, 6) is 0.573. The molecule has 0 aliphatic heterocycles. The van der Waals surface area contributed by atoms with Crippen molar-refractivity contribution in [1.29, 1.82) is 0 Å². The van der Waals surface area contributed by atoms with Gasteiger partial charge in [-0.2, -0.15) is 0 Å². The molecule has 21 heavy (non-hydrogen) atoms. The summed E-state index contributed by atoms with van der Waals surface area (Å²) in [5, 5.41) is 2.91. The molecule has 0 aliphatic rings. The van der Waals surface area contributed by atoms with Gasteiger partial charge in [-0.05, 0) is 55.7 Å². The molecule has 0 saturated carbocycles. The fraction of sp³-hybridized carbons (Fsp3) is 0.235. The van der Waals surface area contributed by atoms with Gasteiger partial charge >= 0.3 is 0 Å². The molecule has 110 valence electrons. The van der Waals surface area contributed by atoms with E-state index in [9.17, 15) is 4.79 Å². The second kappa shape index (κ2) is 6.76. The van der Waals surface area contributed by atoms with Crippen molar-refractivity contribution >= 4 is 27.5 Å². The minimum atomic E-state index is -0.160. The summed E-state index contributed by atoms with van der Waals surface area (Å²) in [7, 11) is 0. The van der Waals surface area contributed by atoms with Gasteiger partial charge in [0, 0.05) is 10.2 Å². The van der Waals surface area contributed by atoms with Crippen LogP contribution in [0.25, 0.3) is 0 Å². The maximum atomic E-state index is 12.0. The first-order chi connectivity index (χ1) is 9.97. The molecule has 2 rings (SSSR count). The molecule has 0 radical (unpaired) electrons. The fourth-order valence-electron chi connectivity index (χ4n) is 2.15. The summed E-state index contributed by atoms with van der Waals surface area (Å²) in [6.07, 6.45) is 0.